The lowest BCUT2D eigenvalue weighted by atomic mass is 10.0. The fourth-order valence-electron chi connectivity index (χ4n) is 1.68. The molecule has 1 heterocycles. The van der Waals surface area contributed by atoms with Crippen LogP contribution in [0.4, 0.5) is 13.2 Å². The van der Waals surface area contributed by atoms with Gasteiger partial charge in [-0.1, -0.05) is 6.07 Å². The minimum Gasteiger partial charge on any atom is -0.497 e. The van der Waals surface area contributed by atoms with Crippen molar-refractivity contribution in [1.82, 2.24) is 4.98 Å². The summed E-state index contributed by atoms with van der Waals surface area (Å²) in [5.41, 5.74) is 0.458. The van der Waals surface area contributed by atoms with Crippen LogP contribution >= 0.6 is 0 Å². The van der Waals surface area contributed by atoms with Crippen LogP contribution in [-0.4, -0.2) is 12.1 Å². The van der Waals surface area contributed by atoms with E-state index in [-0.39, 0.29) is 0 Å². The fraction of sp³-hybridized carbons (Fsp3) is 0.143. The van der Waals surface area contributed by atoms with Crippen molar-refractivity contribution in [2.75, 3.05) is 7.11 Å². The first-order chi connectivity index (χ1) is 9.44. The van der Waals surface area contributed by atoms with Crippen molar-refractivity contribution in [1.29, 1.82) is 5.26 Å². The van der Waals surface area contributed by atoms with E-state index in [1.165, 1.54) is 13.2 Å². The summed E-state index contributed by atoms with van der Waals surface area (Å²) in [7, 11) is 1.45. The summed E-state index contributed by atoms with van der Waals surface area (Å²) in [6, 6.07) is 8.92. The van der Waals surface area contributed by atoms with Gasteiger partial charge in [0, 0.05) is 11.8 Å². The SMILES string of the molecule is COc1cc(C#N)cc(-c2ccc(C(F)(F)F)nc2)c1. The van der Waals surface area contributed by atoms with E-state index in [0.29, 0.717) is 22.4 Å². The second-order valence-corrected chi connectivity index (χ2v) is 3.99. The molecule has 0 N–H and O–H groups in total. The van der Waals surface area contributed by atoms with Crippen LogP contribution in [0.15, 0.2) is 36.5 Å². The summed E-state index contributed by atoms with van der Waals surface area (Å²) in [5.74, 6) is 0.457. The van der Waals surface area contributed by atoms with Gasteiger partial charge < -0.3 is 4.74 Å². The number of hydrogen-bond acceptors (Lipinski definition) is 3. The number of alkyl halides is 3. The van der Waals surface area contributed by atoms with Crippen molar-refractivity contribution < 1.29 is 17.9 Å². The molecule has 2 aromatic rings. The second kappa shape index (κ2) is 5.21. The summed E-state index contributed by atoms with van der Waals surface area (Å²) in [5, 5.41) is 8.91. The van der Waals surface area contributed by atoms with Gasteiger partial charge >= 0.3 is 6.18 Å². The summed E-state index contributed by atoms with van der Waals surface area (Å²) < 4.78 is 42.3. The molecule has 0 aliphatic heterocycles. The van der Waals surface area contributed by atoms with E-state index in [0.717, 1.165) is 12.3 Å². The molecule has 6 heteroatoms. The van der Waals surface area contributed by atoms with E-state index in [1.54, 1.807) is 18.2 Å². The predicted molar refractivity (Wildman–Crippen MR) is 65.9 cm³/mol. The maximum absolute atomic E-state index is 12.4. The Labute approximate surface area is 113 Å². The molecular formula is C14H9F3N2O. The minimum absolute atomic E-state index is 0.360. The van der Waals surface area contributed by atoms with Crippen molar-refractivity contribution >= 4 is 0 Å². The standard InChI is InChI=1S/C14H9F3N2O/c1-20-12-5-9(7-18)4-11(6-12)10-2-3-13(19-8-10)14(15,16)17/h2-6,8H,1H3. The molecule has 0 aliphatic rings. The van der Waals surface area contributed by atoms with Crippen LogP contribution in [0.1, 0.15) is 11.3 Å². The van der Waals surface area contributed by atoms with E-state index in [2.05, 4.69) is 4.98 Å². The zero-order valence-electron chi connectivity index (χ0n) is 10.4. The lowest BCUT2D eigenvalue weighted by Crippen LogP contribution is -2.07. The maximum atomic E-state index is 12.4. The molecule has 0 amide bonds. The van der Waals surface area contributed by atoms with Gasteiger partial charge in [0.25, 0.3) is 0 Å². The largest absolute Gasteiger partial charge is 0.497 e. The molecule has 0 spiro atoms. The second-order valence-electron chi connectivity index (χ2n) is 3.99. The number of rotatable bonds is 2. The molecular weight excluding hydrogens is 269 g/mol. The third-order valence-electron chi connectivity index (χ3n) is 2.66. The summed E-state index contributed by atoms with van der Waals surface area (Å²) in [6.07, 6.45) is -3.34. The monoisotopic (exact) mass is 278 g/mol. The van der Waals surface area contributed by atoms with Gasteiger partial charge in [-0.15, -0.1) is 0 Å². The van der Waals surface area contributed by atoms with Crippen molar-refractivity contribution in [3.8, 4) is 22.9 Å². The molecule has 1 aromatic carbocycles. The van der Waals surface area contributed by atoms with Crippen molar-refractivity contribution in [2.24, 2.45) is 0 Å². The lowest BCUT2D eigenvalue weighted by Gasteiger charge is -2.08. The highest BCUT2D eigenvalue weighted by atomic mass is 19.4. The first-order valence-electron chi connectivity index (χ1n) is 5.57. The van der Waals surface area contributed by atoms with Gasteiger partial charge in [-0.3, -0.25) is 4.98 Å². The molecule has 0 radical (unpaired) electrons. The van der Waals surface area contributed by atoms with Crippen molar-refractivity contribution in [3.05, 3.63) is 47.8 Å². The zero-order valence-corrected chi connectivity index (χ0v) is 10.4. The number of methoxy groups -OCH3 is 1. The molecule has 0 aliphatic carbocycles. The third kappa shape index (κ3) is 2.88. The molecule has 2 rings (SSSR count). The third-order valence-corrected chi connectivity index (χ3v) is 2.66. The number of nitriles is 1. The van der Waals surface area contributed by atoms with E-state index >= 15 is 0 Å². The Bertz CT molecular complexity index is 658. The molecule has 0 saturated heterocycles. The summed E-state index contributed by atoms with van der Waals surface area (Å²) in [4.78, 5) is 3.39. The van der Waals surface area contributed by atoms with Gasteiger partial charge in [-0.05, 0) is 29.8 Å². The highest BCUT2D eigenvalue weighted by Gasteiger charge is 2.32. The lowest BCUT2D eigenvalue weighted by molar-refractivity contribution is -0.141. The minimum atomic E-state index is -4.47. The van der Waals surface area contributed by atoms with Crippen LogP contribution in [0.2, 0.25) is 0 Å². The first-order valence-corrected chi connectivity index (χ1v) is 5.57. The molecule has 102 valence electrons. The van der Waals surface area contributed by atoms with Gasteiger partial charge in [0.15, 0.2) is 0 Å². The quantitative estimate of drug-likeness (QED) is 0.842. The van der Waals surface area contributed by atoms with E-state index in [1.807, 2.05) is 6.07 Å². The molecule has 0 atom stereocenters. The molecule has 0 unspecified atom stereocenters. The van der Waals surface area contributed by atoms with Crippen LogP contribution in [0.25, 0.3) is 11.1 Å². The van der Waals surface area contributed by atoms with Crippen LogP contribution in [0, 0.1) is 11.3 Å². The maximum Gasteiger partial charge on any atom is 0.433 e. The van der Waals surface area contributed by atoms with E-state index in [4.69, 9.17) is 10.00 Å². The van der Waals surface area contributed by atoms with Crippen LogP contribution < -0.4 is 4.74 Å². The van der Waals surface area contributed by atoms with Gasteiger partial charge in [0.2, 0.25) is 0 Å². The predicted octanol–water partition coefficient (Wildman–Crippen LogP) is 3.65. The molecule has 0 saturated carbocycles. The number of pyridine rings is 1. The molecule has 3 nitrogen and oxygen atoms in total. The van der Waals surface area contributed by atoms with Gasteiger partial charge in [-0.2, -0.15) is 18.4 Å². The Balaban J connectivity index is 2.44. The number of halogens is 3. The van der Waals surface area contributed by atoms with Gasteiger partial charge in [0.05, 0.1) is 18.7 Å². The topological polar surface area (TPSA) is 45.9 Å². The Kier molecular flexibility index (Phi) is 3.61. The number of benzene rings is 1. The molecule has 1 aromatic heterocycles. The Morgan fingerprint density at radius 1 is 1.15 bits per heavy atom. The first kappa shape index (κ1) is 13.9. The zero-order chi connectivity index (χ0) is 14.8. The summed E-state index contributed by atoms with van der Waals surface area (Å²) in [6.45, 7) is 0. The average Bonchev–Trinajstić information content (AvgIpc) is 2.46. The number of nitrogens with zero attached hydrogens (tertiary/aromatic N) is 2. The van der Waals surface area contributed by atoms with E-state index < -0.39 is 11.9 Å². The number of hydrogen-bond donors (Lipinski definition) is 0. The van der Waals surface area contributed by atoms with Crippen molar-refractivity contribution in [3.63, 3.8) is 0 Å². The highest BCUT2D eigenvalue weighted by molar-refractivity contribution is 5.66. The fourth-order valence-corrected chi connectivity index (χ4v) is 1.68. The number of aromatic nitrogens is 1. The molecule has 20 heavy (non-hydrogen) atoms. The Morgan fingerprint density at radius 3 is 2.40 bits per heavy atom. The summed E-state index contributed by atoms with van der Waals surface area (Å²) >= 11 is 0. The smallest absolute Gasteiger partial charge is 0.433 e. The highest BCUT2D eigenvalue weighted by Crippen LogP contribution is 2.30. The normalized spacial score (nSPS) is 10.9. The van der Waals surface area contributed by atoms with Gasteiger partial charge in [-0.25, -0.2) is 0 Å². The molecule has 0 bridgehead atoms. The van der Waals surface area contributed by atoms with E-state index in [9.17, 15) is 13.2 Å². The average molecular weight is 278 g/mol. The number of ether oxygens (including phenoxy) is 1. The van der Waals surface area contributed by atoms with Gasteiger partial charge in [0.1, 0.15) is 11.4 Å². The Hall–Kier alpha value is -2.55. The van der Waals surface area contributed by atoms with Crippen LogP contribution in [0.5, 0.6) is 5.75 Å². The Morgan fingerprint density at radius 2 is 1.90 bits per heavy atom. The van der Waals surface area contributed by atoms with Crippen LogP contribution in [-0.2, 0) is 6.18 Å². The van der Waals surface area contributed by atoms with Crippen molar-refractivity contribution in [2.45, 2.75) is 6.18 Å². The van der Waals surface area contributed by atoms with Crippen LogP contribution in [0.3, 0.4) is 0 Å². The molecule has 0 fully saturated rings.